The van der Waals surface area contributed by atoms with Crippen molar-refractivity contribution in [1.82, 2.24) is 0 Å². The number of anilines is 1. The minimum absolute atomic E-state index is 0.0255. The monoisotopic (exact) mass is 297 g/mol. The van der Waals surface area contributed by atoms with Crippen LogP contribution in [0, 0.1) is 0 Å². The summed E-state index contributed by atoms with van der Waals surface area (Å²) in [6.45, 7) is 3.96. The zero-order valence-corrected chi connectivity index (χ0v) is 12.6. The second-order valence-electron chi connectivity index (χ2n) is 4.33. The molecule has 0 aliphatic carbocycles. The van der Waals surface area contributed by atoms with Gasteiger partial charge in [-0.15, -0.1) is 11.6 Å². The van der Waals surface area contributed by atoms with Gasteiger partial charge in [0.15, 0.2) is 0 Å². The van der Waals surface area contributed by atoms with Crippen molar-refractivity contribution in [2.24, 2.45) is 0 Å². The van der Waals surface area contributed by atoms with Gasteiger partial charge < -0.3 is 10.1 Å². The zero-order valence-electron chi connectivity index (χ0n) is 11.8. The van der Waals surface area contributed by atoms with Gasteiger partial charge in [-0.3, -0.25) is 9.59 Å². The fourth-order valence-corrected chi connectivity index (χ4v) is 1.92. The van der Waals surface area contributed by atoms with E-state index >= 15 is 0 Å². The van der Waals surface area contributed by atoms with Crippen LogP contribution in [-0.2, 0) is 14.3 Å². The molecule has 0 radical (unpaired) electrons. The lowest BCUT2D eigenvalue weighted by Crippen LogP contribution is -2.09. The third kappa shape index (κ3) is 5.61. The van der Waals surface area contributed by atoms with E-state index in [1.165, 1.54) is 0 Å². The first-order valence-electron chi connectivity index (χ1n) is 6.76. The Bertz CT molecular complexity index is 445. The zero-order chi connectivity index (χ0) is 15.0. The maximum atomic E-state index is 11.3. The molecule has 0 spiro atoms. The number of benzene rings is 1. The van der Waals surface area contributed by atoms with Crippen LogP contribution in [0.5, 0.6) is 0 Å². The van der Waals surface area contributed by atoms with Crippen LogP contribution in [0.3, 0.4) is 0 Å². The number of rotatable bonds is 7. The molecule has 1 unspecified atom stereocenters. The normalized spacial score (nSPS) is 11.8. The van der Waals surface area contributed by atoms with Crippen LogP contribution in [0.4, 0.5) is 5.69 Å². The number of carbonyl (C=O) groups excluding carboxylic acids is 2. The van der Waals surface area contributed by atoms with Gasteiger partial charge in [0.2, 0.25) is 5.91 Å². The molecule has 0 aliphatic heterocycles. The van der Waals surface area contributed by atoms with E-state index in [2.05, 4.69) is 5.32 Å². The van der Waals surface area contributed by atoms with Crippen molar-refractivity contribution in [3.63, 3.8) is 0 Å². The first-order valence-corrected chi connectivity index (χ1v) is 7.20. The van der Waals surface area contributed by atoms with E-state index < -0.39 is 0 Å². The Kier molecular flexibility index (Phi) is 7.09. The van der Waals surface area contributed by atoms with Gasteiger partial charge in [-0.1, -0.05) is 19.1 Å². The first-order chi connectivity index (χ1) is 9.56. The smallest absolute Gasteiger partial charge is 0.305 e. The van der Waals surface area contributed by atoms with E-state index in [1.54, 1.807) is 13.8 Å². The van der Waals surface area contributed by atoms with E-state index in [4.69, 9.17) is 16.3 Å². The topological polar surface area (TPSA) is 55.4 Å². The average Bonchev–Trinajstić information content (AvgIpc) is 2.45. The molecule has 5 heteroatoms. The summed E-state index contributed by atoms with van der Waals surface area (Å²) < 4.78 is 4.86. The molecule has 20 heavy (non-hydrogen) atoms. The van der Waals surface area contributed by atoms with Crippen molar-refractivity contribution in [2.45, 2.75) is 38.5 Å². The second kappa shape index (κ2) is 8.59. The maximum absolute atomic E-state index is 11.3. The molecule has 0 bridgehead atoms. The van der Waals surface area contributed by atoms with Crippen LogP contribution in [0.25, 0.3) is 0 Å². The van der Waals surface area contributed by atoms with Crippen LogP contribution in [0.1, 0.15) is 44.1 Å². The summed E-state index contributed by atoms with van der Waals surface area (Å²) in [6, 6.07) is 7.33. The van der Waals surface area contributed by atoms with E-state index in [0.29, 0.717) is 25.9 Å². The first kappa shape index (κ1) is 16.5. The maximum Gasteiger partial charge on any atom is 0.305 e. The summed E-state index contributed by atoms with van der Waals surface area (Å²) >= 11 is 6.24. The standard InChI is InChI=1S/C15H20ClNO3/c1-3-14(18)17-12-7-5-11(6-8-12)13(16)9-10-15(19)20-4-2/h5-8,13H,3-4,9-10H2,1-2H3,(H,17,18). The molecular weight excluding hydrogens is 278 g/mol. The molecule has 1 atom stereocenters. The number of halogens is 1. The number of hydrogen-bond donors (Lipinski definition) is 1. The van der Waals surface area contributed by atoms with E-state index in [1.807, 2.05) is 24.3 Å². The summed E-state index contributed by atoms with van der Waals surface area (Å²) in [4.78, 5) is 22.5. The van der Waals surface area contributed by atoms with Crippen molar-refractivity contribution in [3.8, 4) is 0 Å². The molecule has 0 heterocycles. The lowest BCUT2D eigenvalue weighted by molar-refractivity contribution is -0.143. The SMILES string of the molecule is CCOC(=O)CCC(Cl)c1ccc(NC(=O)CC)cc1. The van der Waals surface area contributed by atoms with E-state index in [9.17, 15) is 9.59 Å². The lowest BCUT2D eigenvalue weighted by Gasteiger charge is -2.10. The number of carbonyl (C=O) groups is 2. The molecule has 1 rings (SSSR count). The van der Waals surface area contributed by atoms with Gasteiger partial charge >= 0.3 is 5.97 Å². The Morgan fingerprint density at radius 1 is 1.25 bits per heavy atom. The van der Waals surface area contributed by atoms with E-state index in [0.717, 1.165) is 11.3 Å². The van der Waals surface area contributed by atoms with Crippen LogP contribution in [0.2, 0.25) is 0 Å². The quantitative estimate of drug-likeness (QED) is 0.617. The summed E-state index contributed by atoms with van der Waals surface area (Å²) in [5.41, 5.74) is 1.67. The molecule has 110 valence electrons. The number of hydrogen-bond acceptors (Lipinski definition) is 3. The molecule has 0 saturated heterocycles. The van der Waals surface area contributed by atoms with Gasteiger partial charge in [-0.2, -0.15) is 0 Å². The van der Waals surface area contributed by atoms with Gasteiger partial charge in [-0.25, -0.2) is 0 Å². The molecule has 1 aromatic carbocycles. The van der Waals surface area contributed by atoms with Crippen molar-refractivity contribution >= 4 is 29.2 Å². The van der Waals surface area contributed by atoms with Crippen molar-refractivity contribution in [1.29, 1.82) is 0 Å². The highest BCUT2D eigenvalue weighted by Gasteiger charge is 2.11. The molecule has 1 aromatic rings. The van der Waals surface area contributed by atoms with Crippen LogP contribution in [0.15, 0.2) is 24.3 Å². The van der Waals surface area contributed by atoms with Crippen LogP contribution in [-0.4, -0.2) is 18.5 Å². The number of ether oxygens (including phenoxy) is 1. The predicted molar refractivity (Wildman–Crippen MR) is 79.8 cm³/mol. The molecule has 0 aromatic heterocycles. The molecule has 1 N–H and O–H groups in total. The average molecular weight is 298 g/mol. The van der Waals surface area contributed by atoms with Crippen LogP contribution < -0.4 is 5.32 Å². The van der Waals surface area contributed by atoms with Crippen LogP contribution >= 0.6 is 11.6 Å². The highest BCUT2D eigenvalue weighted by Crippen LogP contribution is 2.26. The highest BCUT2D eigenvalue weighted by molar-refractivity contribution is 6.20. The van der Waals surface area contributed by atoms with Crippen molar-refractivity contribution in [2.75, 3.05) is 11.9 Å². The number of nitrogens with one attached hydrogen (secondary N) is 1. The Morgan fingerprint density at radius 3 is 2.45 bits per heavy atom. The van der Waals surface area contributed by atoms with Gasteiger partial charge in [-0.05, 0) is 31.0 Å². The van der Waals surface area contributed by atoms with Gasteiger partial charge in [0.1, 0.15) is 0 Å². The number of amides is 1. The summed E-state index contributed by atoms with van der Waals surface area (Å²) in [5, 5.41) is 2.53. The van der Waals surface area contributed by atoms with Gasteiger partial charge in [0, 0.05) is 18.5 Å². The van der Waals surface area contributed by atoms with Gasteiger partial charge in [0.05, 0.1) is 12.0 Å². The number of alkyl halides is 1. The molecule has 0 saturated carbocycles. The van der Waals surface area contributed by atoms with E-state index in [-0.39, 0.29) is 17.3 Å². The third-order valence-electron chi connectivity index (χ3n) is 2.78. The highest BCUT2D eigenvalue weighted by atomic mass is 35.5. The third-order valence-corrected chi connectivity index (χ3v) is 3.25. The Labute approximate surface area is 124 Å². The largest absolute Gasteiger partial charge is 0.466 e. The second-order valence-corrected chi connectivity index (χ2v) is 4.86. The fraction of sp³-hybridized carbons (Fsp3) is 0.467. The molecule has 4 nitrogen and oxygen atoms in total. The number of esters is 1. The minimum atomic E-state index is -0.240. The molecule has 0 fully saturated rings. The Morgan fingerprint density at radius 2 is 1.90 bits per heavy atom. The Balaban J connectivity index is 2.50. The summed E-state index contributed by atoms with van der Waals surface area (Å²) in [5.74, 6) is -0.257. The van der Waals surface area contributed by atoms with Gasteiger partial charge in [0.25, 0.3) is 0 Å². The fourth-order valence-electron chi connectivity index (χ4n) is 1.67. The predicted octanol–water partition coefficient (Wildman–Crippen LogP) is 3.66. The summed E-state index contributed by atoms with van der Waals surface area (Å²) in [6.07, 6.45) is 1.27. The Hall–Kier alpha value is -1.55. The molecule has 1 amide bonds. The minimum Gasteiger partial charge on any atom is -0.466 e. The van der Waals surface area contributed by atoms with Crippen molar-refractivity contribution in [3.05, 3.63) is 29.8 Å². The molecule has 0 aliphatic rings. The van der Waals surface area contributed by atoms with Crippen molar-refractivity contribution < 1.29 is 14.3 Å². The lowest BCUT2D eigenvalue weighted by atomic mass is 10.1. The summed E-state index contributed by atoms with van der Waals surface area (Å²) in [7, 11) is 0. The molecular formula is C15H20ClNO3.